The van der Waals surface area contributed by atoms with Crippen molar-refractivity contribution in [2.75, 3.05) is 26.2 Å². The number of pyridine rings is 1. The van der Waals surface area contributed by atoms with Gasteiger partial charge in [0.15, 0.2) is 0 Å². The summed E-state index contributed by atoms with van der Waals surface area (Å²) in [4.78, 5) is 21.0. The summed E-state index contributed by atoms with van der Waals surface area (Å²) in [6.07, 6.45) is 3.48. The number of hydrogen-bond acceptors (Lipinski definition) is 4. The zero-order valence-electron chi connectivity index (χ0n) is 13.5. The van der Waals surface area contributed by atoms with Crippen LogP contribution >= 0.6 is 12.4 Å². The summed E-state index contributed by atoms with van der Waals surface area (Å²) in [5.41, 5.74) is 6.50. The average molecular weight is 327 g/mol. The summed E-state index contributed by atoms with van der Waals surface area (Å²) in [5.74, 6) is 0.0850. The summed E-state index contributed by atoms with van der Waals surface area (Å²) in [6.45, 7) is 8.01. The first-order chi connectivity index (χ1) is 10.0. The third-order valence-corrected chi connectivity index (χ3v) is 4.03. The Morgan fingerprint density at radius 3 is 2.55 bits per heavy atom. The van der Waals surface area contributed by atoms with Gasteiger partial charge in [-0.2, -0.15) is 0 Å². The summed E-state index contributed by atoms with van der Waals surface area (Å²) in [5, 5.41) is 0. The van der Waals surface area contributed by atoms with Crippen molar-refractivity contribution in [3.8, 4) is 0 Å². The van der Waals surface area contributed by atoms with Gasteiger partial charge in [-0.3, -0.25) is 14.7 Å². The maximum Gasteiger partial charge on any atom is 0.242 e. The Morgan fingerprint density at radius 2 is 2.00 bits per heavy atom. The van der Waals surface area contributed by atoms with Gasteiger partial charge in [0.05, 0.1) is 11.2 Å². The molecule has 0 radical (unpaired) electrons. The van der Waals surface area contributed by atoms with E-state index in [4.69, 9.17) is 5.73 Å². The van der Waals surface area contributed by atoms with Gasteiger partial charge in [0.25, 0.3) is 0 Å². The number of amides is 1. The van der Waals surface area contributed by atoms with E-state index >= 15 is 0 Å². The maximum atomic E-state index is 12.4. The molecule has 5 nitrogen and oxygen atoms in total. The van der Waals surface area contributed by atoms with E-state index in [0.29, 0.717) is 0 Å². The summed E-state index contributed by atoms with van der Waals surface area (Å²) < 4.78 is 0. The molecule has 1 aliphatic rings. The highest BCUT2D eigenvalue weighted by Gasteiger charge is 2.33. The lowest BCUT2D eigenvalue weighted by Crippen LogP contribution is -2.58. The minimum absolute atomic E-state index is 0. The summed E-state index contributed by atoms with van der Waals surface area (Å²) in [7, 11) is 0. The number of aromatic nitrogens is 1. The van der Waals surface area contributed by atoms with Crippen LogP contribution in [-0.2, 0) is 11.3 Å². The van der Waals surface area contributed by atoms with Crippen molar-refractivity contribution in [3.63, 3.8) is 0 Å². The Morgan fingerprint density at radius 1 is 1.32 bits per heavy atom. The Labute approximate surface area is 139 Å². The molecular weight excluding hydrogens is 300 g/mol. The van der Waals surface area contributed by atoms with E-state index in [1.54, 1.807) is 0 Å². The first kappa shape index (κ1) is 18.9. The first-order valence-corrected chi connectivity index (χ1v) is 7.73. The van der Waals surface area contributed by atoms with Crippen LogP contribution in [0.25, 0.3) is 0 Å². The van der Waals surface area contributed by atoms with Crippen LogP contribution in [0.1, 0.15) is 32.4 Å². The lowest BCUT2D eigenvalue weighted by atomic mass is 9.95. The first-order valence-electron chi connectivity index (χ1n) is 7.73. The fourth-order valence-electron chi connectivity index (χ4n) is 2.82. The molecule has 1 amide bonds. The van der Waals surface area contributed by atoms with Gasteiger partial charge in [-0.05, 0) is 25.5 Å². The zero-order chi connectivity index (χ0) is 15.3. The molecule has 6 heteroatoms. The lowest BCUT2D eigenvalue weighted by Gasteiger charge is -2.38. The van der Waals surface area contributed by atoms with Crippen LogP contribution in [0.15, 0.2) is 24.4 Å². The molecular formula is C16H27ClN4O. The second-order valence-electron chi connectivity index (χ2n) is 6.06. The van der Waals surface area contributed by atoms with Crippen LogP contribution in [0.4, 0.5) is 0 Å². The molecule has 0 saturated carbocycles. The van der Waals surface area contributed by atoms with Crippen LogP contribution < -0.4 is 5.73 Å². The highest BCUT2D eigenvalue weighted by Crippen LogP contribution is 2.15. The Kier molecular flexibility index (Phi) is 7.26. The molecule has 2 rings (SSSR count). The van der Waals surface area contributed by atoms with Gasteiger partial charge in [-0.15, -0.1) is 12.4 Å². The summed E-state index contributed by atoms with van der Waals surface area (Å²) in [6, 6.07) is 5.97. The zero-order valence-corrected chi connectivity index (χ0v) is 14.3. The normalized spacial score (nSPS) is 18.4. The number of halogens is 1. The van der Waals surface area contributed by atoms with Crippen molar-refractivity contribution in [1.29, 1.82) is 0 Å². The van der Waals surface area contributed by atoms with Crippen LogP contribution in [0, 0.1) is 0 Å². The molecule has 0 spiro atoms. The number of carbonyl (C=O) groups excluding carboxylic acids is 1. The molecule has 0 aliphatic carbocycles. The smallest absolute Gasteiger partial charge is 0.242 e. The topological polar surface area (TPSA) is 62.5 Å². The molecule has 1 aliphatic heterocycles. The number of hydrogen-bond donors (Lipinski definition) is 1. The Bertz CT molecular complexity index is 458. The minimum Gasteiger partial charge on any atom is -0.339 e. The van der Waals surface area contributed by atoms with Gasteiger partial charge in [-0.25, -0.2) is 0 Å². The standard InChI is InChI=1S/C16H26N4O.ClH/c1-3-7-16(2,17)15(21)20-11-9-19(10-12-20)13-14-6-4-5-8-18-14;/h4-6,8H,3,7,9-13,17H2,1-2H3;1H. The van der Waals surface area contributed by atoms with Gasteiger partial charge < -0.3 is 10.6 Å². The second-order valence-corrected chi connectivity index (χ2v) is 6.06. The molecule has 1 saturated heterocycles. The van der Waals surface area contributed by atoms with E-state index < -0.39 is 5.54 Å². The van der Waals surface area contributed by atoms with Gasteiger partial charge in [0.2, 0.25) is 5.91 Å². The largest absolute Gasteiger partial charge is 0.339 e. The van der Waals surface area contributed by atoms with Gasteiger partial charge >= 0.3 is 0 Å². The Balaban J connectivity index is 0.00000242. The third-order valence-electron chi connectivity index (χ3n) is 4.03. The SMILES string of the molecule is CCCC(C)(N)C(=O)N1CCN(Cc2ccccn2)CC1.Cl. The van der Waals surface area contributed by atoms with Crippen molar-refractivity contribution >= 4 is 18.3 Å². The fourth-order valence-corrected chi connectivity index (χ4v) is 2.82. The number of carbonyl (C=O) groups is 1. The van der Waals surface area contributed by atoms with Crippen molar-refractivity contribution in [2.45, 2.75) is 38.8 Å². The molecule has 1 aromatic rings. The number of piperazine rings is 1. The van der Waals surface area contributed by atoms with Crippen LogP contribution in [0.3, 0.4) is 0 Å². The van der Waals surface area contributed by atoms with E-state index in [1.165, 1.54) is 0 Å². The molecule has 124 valence electrons. The molecule has 1 fully saturated rings. The van der Waals surface area contributed by atoms with E-state index in [1.807, 2.05) is 36.2 Å². The molecule has 1 aromatic heterocycles. The van der Waals surface area contributed by atoms with E-state index in [2.05, 4.69) is 16.8 Å². The number of rotatable bonds is 5. The molecule has 0 bridgehead atoms. The molecule has 1 unspecified atom stereocenters. The fraction of sp³-hybridized carbons (Fsp3) is 0.625. The number of nitrogens with zero attached hydrogens (tertiary/aromatic N) is 3. The average Bonchev–Trinajstić information content (AvgIpc) is 2.48. The molecule has 1 atom stereocenters. The van der Waals surface area contributed by atoms with Crippen molar-refractivity contribution in [3.05, 3.63) is 30.1 Å². The highest BCUT2D eigenvalue weighted by molar-refractivity contribution is 5.86. The van der Waals surface area contributed by atoms with E-state index in [0.717, 1.165) is 51.3 Å². The Hall–Kier alpha value is -1.17. The van der Waals surface area contributed by atoms with Gasteiger partial charge in [-0.1, -0.05) is 19.4 Å². The molecule has 2 heterocycles. The van der Waals surface area contributed by atoms with E-state index in [-0.39, 0.29) is 18.3 Å². The van der Waals surface area contributed by atoms with Crippen molar-refractivity contribution in [1.82, 2.24) is 14.8 Å². The molecule has 2 N–H and O–H groups in total. The third kappa shape index (κ3) is 4.93. The predicted octanol–water partition coefficient (Wildman–Crippen LogP) is 1.67. The van der Waals surface area contributed by atoms with Crippen molar-refractivity contribution < 1.29 is 4.79 Å². The van der Waals surface area contributed by atoms with Crippen LogP contribution in [-0.4, -0.2) is 52.4 Å². The lowest BCUT2D eigenvalue weighted by molar-refractivity contribution is -0.138. The summed E-state index contributed by atoms with van der Waals surface area (Å²) >= 11 is 0. The molecule has 22 heavy (non-hydrogen) atoms. The van der Waals surface area contributed by atoms with Gasteiger partial charge in [0.1, 0.15) is 0 Å². The second kappa shape index (κ2) is 8.46. The van der Waals surface area contributed by atoms with Gasteiger partial charge in [0, 0.05) is 38.9 Å². The monoisotopic (exact) mass is 326 g/mol. The highest BCUT2D eigenvalue weighted by atomic mass is 35.5. The quantitative estimate of drug-likeness (QED) is 0.894. The molecule has 0 aromatic carbocycles. The predicted molar refractivity (Wildman–Crippen MR) is 90.8 cm³/mol. The maximum absolute atomic E-state index is 12.4. The van der Waals surface area contributed by atoms with Crippen LogP contribution in [0.2, 0.25) is 0 Å². The minimum atomic E-state index is -0.724. The van der Waals surface area contributed by atoms with E-state index in [9.17, 15) is 4.79 Å². The van der Waals surface area contributed by atoms with Crippen molar-refractivity contribution in [2.24, 2.45) is 5.73 Å². The van der Waals surface area contributed by atoms with Crippen LogP contribution in [0.5, 0.6) is 0 Å². The number of nitrogens with two attached hydrogens (primary N) is 1.